The lowest BCUT2D eigenvalue weighted by Crippen LogP contribution is -2.47. The molecule has 0 spiro atoms. The number of carbonyl (C=O) groups is 2. The molecule has 27 heavy (non-hydrogen) atoms. The third kappa shape index (κ3) is 4.90. The van der Waals surface area contributed by atoms with E-state index in [-0.39, 0.29) is 30.0 Å². The number of Topliss-reactive ketones (excluding diaryl/α,β-unsaturated/α-hetero) is 1. The number of carbonyl (C=O) groups excluding carboxylic acids is 2. The smallest absolute Gasteiger partial charge is 0.272 e. The van der Waals surface area contributed by atoms with Gasteiger partial charge in [-0.3, -0.25) is 9.59 Å². The van der Waals surface area contributed by atoms with Gasteiger partial charge in [0.25, 0.3) is 5.91 Å². The quantitative estimate of drug-likeness (QED) is 0.531. The predicted octanol–water partition coefficient (Wildman–Crippen LogP) is 3.11. The molecule has 0 saturated carbocycles. The van der Waals surface area contributed by atoms with Crippen LogP contribution >= 0.6 is 15.9 Å². The van der Waals surface area contributed by atoms with Crippen molar-refractivity contribution in [1.82, 2.24) is 9.88 Å². The number of rotatable bonds is 5. The molecule has 1 aromatic heterocycles. The highest BCUT2D eigenvalue weighted by molar-refractivity contribution is 9.10. The minimum absolute atomic E-state index is 0.140. The van der Waals surface area contributed by atoms with Crippen LogP contribution in [0.3, 0.4) is 0 Å². The summed E-state index contributed by atoms with van der Waals surface area (Å²) in [4.78, 5) is 30.1. The first-order valence-corrected chi connectivity index (χ1v) is 9.20. The van der Waals surface area contributed by atoms with E-state index >= 15 is 0 Å². The monoisotopic (exact) mass is 436 g/mol. The molecule has 0 radical (unpaired) electrons. The van der Waals surface area contributed by atoms with Gasteiger partial charge in [0.2, 0.25) is 0 Å². The average Bonchev–Trinajstić information content (AvgIpc) is 2.66. The number of amides is 1. The zero-order valence-corrected chi connectivity index (χ0v) is 16.2. The van der Waals surface area contributed by atoms with Gasteiger partial charge in [-0.1, -0.05) is 6.07 Å². The van der Waals surface area contributed by atoms with Crippen molar-refractivity contribution in [2.24, 2.45) is 0 Å². The van der Waals surface area contributed by atoms with Crippen molar-refractivity contribution in [3.63, 3.8) is 0 Å². The molecule has 2 heterocycles. The summed E-state index contributed by atoms with van der Waals surface area (Å²) in [5.74, 6) is -0.674. The van der Waals surface area contributed by atoms with E-state index in [2.05, 4.69) is 20.9 Å². The second-order valence-corrected chi connectivity index (χ2v) is 6.91. The fourth-order valence-electron chi connectivity index (χ4n) is 2.78. The van der Waals surface area contributed by atoms with E-state index in [0.29, 0.717) is 35.7 Å². The Kier molecular flexibility index (Phi) is 6.18. The van der Waals surface area contributed by atoms with Gasteiger partial charge in [0.15, 0.2) is 5.78 Å². The first-order valence-electron chi connectivity index (χ1n) is 8.41. The maximum atomic E-state index is 13.3. The Morgan fingerprint density at radius 1 is 1.37 bits per heavy atom. The fourth-order valence-corrected chi connectivity index (χ4v) is 3.12. The molecule has 0 N–H and O–H groups in total. The van der Waals surface area contributed by atoms with Gasteiger partial charge in [0.05, 0.1) is 18.7 Å². The lowest BCUT2D eigenvalue weighted by molar-refractivity contribution is -0.0403. The van der Waals surface area contributed by atoms with Gasteiger partial charge in [0, 0.05) is 6.54 Å². The molecule has 1 saturated heterocycles. The highest BCUT2D eigenvalue weighted by Gasteiger charge is 2.26. The Balaban J connectivity index is 1.64. The van der Waals surface area contributed by atoms with Gasteiger partial charge in [-0.15, -0.1) is 0 Å². The van der Waals surface area contributed by atoms with Crippen LogP contribution in [0.5, 0.6) is 5.75 Å². The number of pyridine rings is 1. The Morgan fingerprint density at radius 2 is 2.19 bits per heavy atom. The Hall–Kier alpha value is -2.32. The van der Waals surface area contributed by atoms with Crippen molar-refractivity contribution >= 4 is 27.6 Å². The minimum atomic E-state index is -0.500. The first kappa shape index (κ1) is 19.4. The molecule has 0 aliphatic carbocycles. The third-order valence-electron chi connectivity index (χ3n) is 4.11. The van der Waals surface area contributed by atoms with Gasteiger partial charge < -0.3 is 14.4 Å². The summed E-state index contributed by atoms with van der Waals surface area (Å²) in [6.45, 7) is 2.66. The molecule has 0 bridgehead atoms. The van der Waals surface area contributed by atoms with Crippen molar-refractivity contribution in [2.75, 3.05) is 26.3 Å². The zero-order chi connectivity index (χ0) is 19.4. The topological polar surface area (TPSA) is 68.7 Å². The normalized spacial score (nSPS) is 16.9. The lowest BCUT2D eigenvalue weighted by atomic mass is 10.1. The molecule has 8 heteroatoms. The van der Waals surface area contributed by atoms with E-state index in [1.54, 1.807) is 23.1 Å². The van der Waals surface area contributed by atoms with Crippen molar-refractivity contribution in [2.45, 2.75) is 13.0 Å². The first-order chi connectivity index (χ1) is 12.9. The summed E-state index contributed by atoms with van der Waals surface area (Å²) in [5, 5.41) is 0. The number of benzene rings is 1. The van der Waals surface area contributed by atoms with Crippen LogP contribution in [0.1, 0.15) is 27.8 Å². The van der Waals surface area contributed by atoms with Crippen LogP contribution in [-0.2, 0) is 4.74 Å². The second-order valence-electron chi connectivity index (χ2n) is 6.10. The van der Waals surface area contributed by atoms with Gasteiger partial charge in [-0.05, 0) is 53.2 Å². The molecular weight excluding hydrogens is 419 g/mol. The van der Waals surface area contributed by atoms with Gasteiger partial charge in [0.1, 0.15) is 34.6 Å². The summed E-state index contributed by atoms with van der Waals surface area (Å²) in [5.41, 5.74) is 0.528. The standard InChI is InChI=1S/C19H18BrFN2O4/c1-12(24)15-9-13(21)5-6-17(15)27-11-14-10-23(7-8-26-14)19(25)16-3-2-4-18(20)22-16/h2-6,9,14H,7-8,10-11H2,1H3. The van der Waals surface area contributed by atoms with Crippen LogP contribution in [-0.4, -0.2) is 54.0 Å². The second kappa shape index (κ2) is 8.58. The molecule has 142 valence electrons. The third-order valence-corrected chi connectivity index (χ3v) is 4.55. The van der Waals surface area contributed by atoms with Crippen molar-refractivity contribution in [1.29, 1.82) is 0 Å². The average molecular weight is 437 g/mol. The van der Waals surface area contributed by atoms with Crippen LogP contribution in [0.2, 0.25) is 0 Å². The number of aromatic nitrogens is 1. The van der Waals surface area contributed by atoms with Crippen molar-refractivity contribution < 1.29 is 23.5 Å². The number of halogens is 2. The number of ether oxygens (including phenoxy) is 2. The summed E-state index contributed by atoms with van der Waals surface area (Å²) in [6, 6.07) is 8.96. The Labute approximate surface area is 164 Å². The highest BCUT2D eigenvalue weighted by Crippen LogP contribution is 2.21. The minimum Gasteiger partial charge on any atom is -0.490 e. The van der Waals surface area contributed by atoms with E-state index in [1.165, 1.54) is 19.1 Å². The van der Waals surface area contributed by atoms with E-state index < -0.39 is 5.82 Å². The van der Waals surface area contributed by atoms with E-state index in [0.717, 1.165) is 6.07 Å². The molecule has 1 aliphatic rings. The maximum Gasteiger partial charge on any atom is 0.272 e. The maximum absolute atomic E-state index is 13.3. The van der Waals surface area contributed by atoms with Crippen molar-refractivity contribution in [3.8, 4) is 5.75 Å². The number of hydrogen-bond donors (Lipinski definition) is 0. The zero-order valence-electron chi connectivity index (χ0n) is 14.7. The van der Waals surface area contributed by atoms with E-state index in [9.17, 15) is 14.0 Å². The Bertz CT molecular complexity index is 861. The molecule has 1 aromatic carbocycles. The number of nitrogens with zero attached hydrogens (tertiary/aromatic N) is 2. The molecule has 1 unspecified atom stereocenters. The van der Waals surface area contributed by atoms with Gasteiger partial charge in [-0.2, -0.15) is 0 Å². The summed E-state index contributed by atoms with van der Waals surface area (Å²) < 4.78 is 25.3. The number of hydrogen-bond acceptors (Lipinski definition) is 5. The van der Waals surface area contributed by atoms with Crippen molar-refractivity contribution in [3.05, 3.63) is 58.1 Å². The predicted molar refractivity (Wildman–Crippen MR) is 99.5 cm³/mol. The molecular formula is C19H18BrFN2O4. The molecule has 1 atom stereocenters. The van der Waals surface area contributed by atoms with Crippen LogP contribution < -0.4 is 4.74 Å². The Morgan fingerprint density at radius 3 is 2.93 bits per heavy atom. The molecule has 6 nitrogen and oxygen atoms in total. The van der Waals surface area contributed by atoms with Crippen LogP contribution in [0.25, 0.3) is 0 Å². The molecule has 1 aliphatic heterocycles. The van der Waals surface area contributed by atoms with E-state index in [4.69, 9.17) is 9.47 Å². The van der Waals surface area contributed by atoms with Crippen LogP contribution in [0, 0.1) is 5.82 Å². The SMILES string of the molecule is CC(=O)c1cc(F)ccc1OCC1CN(C(=O)c2cccc(Br)n2)CCO1. The largest absolute Gasteiger partial charge is 0.490 e. The number of ketones is 1. The van der Waals surface area contributed by atoms with Crippen LogP contribution in [0.15, 0.2) is 41.0 Å². The number of morpholine rings is 1. The van der Waals surface area contributed by atoms with Gasteiger partial charge in [-0.25, -0.2) is 9.37 Å². The molecule has 2 aromatic rings. The summed E-state index contributed by atoms with van der Waals surface area (Å²) in [6.07, 6.45) is -0.361. The van der Waals surface area contributed by atoms with Crippen LogP contribution in [0.4, 0.5) is 4.39 Å². The van der Waals surface area contributed by atoms with Gasteiger partial charge >= 0.3 is 0 Å². The molecule has 1 amide bonds. The molecule has 3 rings (SSSR count). The fraction of sp³-hybridized carbons (Fsp3) is 0.316. The van der Waals surface area contributed by atoms with E-state index in [1.807, 2.05) is 0 Å². The molecule has 1 fully saturated rings. The highest BCUT2D eigenvalue weighted by atomic mass is 79.9. The summed E-state index contributed by atoms with van der Waals surface area (Å²) in [7, 11) is 0. The lowest BCUT2D eigenvalue weighted by Gasteiger charge is -2.32. The summed E-state index contributed by atoms with van der Waals surface area (Å²) >= 11 is 3.26.